The van der Waals surface area contributed by atoms with Gasteiger partial charge < -0.3 is 5.11 Å². The summed E-state index contributed by atoms with van der Waals surface area (Å²) in [5, 5.41) is 8.88. The molecule has 0 saturated heterocycles. The third-order valence-electron chi connectivity index (χ3n) is 2.17. The summed E-state index contributed by atoms with van der Waals surface area (Å²) >= 11 is 0. The summed E-state index contributed by atoms with van der Waals surface area (Å²) in [6.45, 7) is 7.80. The Morgan fingerprint density at radius 2 is 2.08 bits per heavy atom. The van der Waals surface area contributed by atoms with E-state index < -0.39 is 5.97 Å². The highest BCUT2D eigenvalue weighted by Crippen LogP contribution is 2.17. The van der Waals surface area contributed by atoms with Crippen molar-refractivity contribution in [3.63, 3.8) is 0 Å². The van der Waals surface area contributed by atoms with Crippen molar-refractivity contribution in [2.45, 2.75) is 46.0 Å². The molecule has 0 fully saturated rings. The predicted molar refractivity (Wildman–Crippen MR) is 54.7 cm³/mol. The number of hydrogen-bond acceptors (Lipinski definition) is 1. The lowest BCUT2D eigenvalue weighted by Gasteiger charge is -2.10. The van der Waals surface area contributed by atoms with E-state index in [0.29, 0.717) is 0 Å². The van der Waals surface area contributed by atoms with E-state index in [-0.39, 0.29) is 5.92 Å². The zero-order chi connectivity index (χ0) is 10.3. The summed E-state index contributed by atoms with van der Waals surface area (Å²) in [7, 11) is 0. The molecule has 0 aromatic rings. The molecule has 1 atom stereocenters. The molecule has 1 unspecified atom stereocenters. The fourth-order valence-corrected chi connectivity index (χ4v) is 1.26. The zero-order valence-corrected chi connectivity index (χ0v) is 8.68. The van der Waals surface area contributed by atoms with Crippen LogP contribution in [-0.4, -0.2) is 11.1 Å². The van der Waals surface area contributed by atoms with Gasteiger partial charge in [0, 0.05) is 0 Å². The number of carboxylic acid groups (broad SMARTS) is 1. The number of aliphatic carboxylic acids is 1. The summed E-state index contributed by atoms with van der Waals surface area (Å²) < 4.78 is 0. The van der Waals surface area contributed by atoms with E-state index in [1.165, 1.54) is 0 Å². The number of hydrogen-bond donors (Lipinski definition) is 1. The summed E-state index contributed by atoms with van der Waals surface area (Å²) in [6, 6.07) is 0. The predicted octanol–water partition coefficient (Wildman–Crippen LogP) is 3.23. The molecule has 76 valence electrons. The Bertz CT molecular complexity index is 173. The first-order chi connectivity index (χ1) is 6.07. The van der Waals surface area contributed by atoms with Crippen molar-refractivity contribution < 1.29 is 9.90 Å². The lowest BCUT2D eigenvalue weighted by Crippen LogP contribution is -2.13. The molecule has 0 aliphatic rings. The average molecular weight is 184 g/mol. The fraction of sp³-hybridized carbons (Fsp3) is 0.727. The van der Waals surface area contributed by atoms with Crippen molar-refractivity contribution in [2.24, 2.45) is 5.92 Å². The summed E-state index contributed by atoms with van der Waals surface area (Å²) in [6.07, 6.45) is 4.45. The highest BCUT2D eigenvalue weighted by Gasteiger charge is 2.15. The van der Waals surface area contributed by atoms with Gasteiger partial charge in [0.15, 0.2) is 0 Å². The van der Waals surface area contributed by atoms with Crippen LogP contribution in [0.5, 0.6) is 0 Å². The Kier molecular flexibility index (Phi) is 6.29. The zero-order valence-electron chi connectivity index (χ0n) is 8.68. The number of rotatable bonds is 7. The van der Waals surface area contributed by atoms with Gasteiger partial charge >= 0.3 is 5.97 Å². The van der Waals surface area contributed by atoms with Crippen LogP contribution < -0.4 is 0 Å². The van der Waals surface area contributed by atoms with E-state index in [9.17, 15) is 4.79 Å². The maximum atomic E-state index is 10.8. The lowest BCUT2D eigenvalue weighted by molar-refractivity contribution is -0.142. The molecule has 0 amide bonds. The first-order valence-corrected chi connectivity index (χ1v) is 4.95. The maximum Gasteiger partial charge on any atom is 0.306 e. The monoisotopic (exact) mass is 184 g/mol. The standard InChI is InChI=1S/C11H20O2/c1-4-5-6-10(11(12)13)8-7-9(2)3/h10H,2,4-8H2,1,3H3,(H,12,13). The van der Waals surface area contributed by atoms with Crippen LogP contribution in [0.1, 0.15) is 46.0 Å². The van der Waals surface area contributed by atoms with Gasteiger partial charge in [-0.3, -0.25) is 4.79 Å². The average Bonchev–Trinajstić information content (AvgIpc) is 2.03. The van der Waals surface area contributed by atoms with E-state index in [1.807, 2.05) is 6.92 Å². The molecule has 2 heteroatoms. The Hall–Kier alpha value is -0.790. The maximum absolute atomic E-state index is 10.8. The van der Waals surface area contributed by atoms with Gasteiger partial charge in [-0.1, -0.05) is 25.3 Å². The fourth-order valence-electron chi connectivity index (χ4n) is 1.26. The van der Waals surface area contributed by atoms with Gasteiger partial charge in [0.05, 0.1) is 5.92 Å². The third-order valence-corrected chi connectivity index (χ3v) is 2.17. The van der Waals surface area contributed by atoms with Crippen molar-refractivity contribution >= 4 is 5.97 Å². The first-order valence-electron chi connectivity index (χ1n) is 4.95. The Morgan fingerprint density at radius 1 is 1.46 bits per heavy atom. The van der Waals surface area contributed by atoms with E-state index in [4.69, 9.17) is 5.11 Å². The number of unbranched alkanes of at least 4 members (excludes halogenated alkanes) is 1. The number of allylic oxidation sites excluding steroid dienone is 1. The Balaban J connectivity index is 3.80. The molecule has 2 nitrogen and oxygen atoms in total. The van der Waals surface area contributed by atoms with Crippen LogP contribution in [0.3, 0.4) is 0 Å². The number of carbonyl (C=O) groups is 1. The Labute approximate surface area is 80.7 Å². The normalized spacial score (nSPS) is 12.5. The minimum Gasteiger partial charge on any atom is -0.481 e. The molecule has 0 aromatic heterocycles. The van der Waals surface area contributed by atoms with E-state index in [2.05, 4.69) is 13.5 Å². The van der Waals surface area contributed by atoms with Crippen molar-refractivity contribution in [3.8, 4) is 0 Å². The SMILES string of the molecule is C=C(C)CCC(CCCC)C(=O)O. The molecule has 0 saturated carbocycles. The molecule has 1 N–H and O–H groups in total. The van der Waals surface area contributed by atoms with Crippen molar-refractivity contribution in [3.05, 3.63) is 12.2 Å². The first kappa shape index (κ1) is 12.2. The van der Waals surface area contributed by atoms with Crippen LogP contribution >= 0.6 is 0 Å². The molecule has 0 spiro atoms. The molecule has 0 aliphatic carbocycles. The van der Waals surface area contributed by atoms with Crippen molar-refractivity contribution in [1.82, 2.24) is 0 Å². The van der Waals surface area contributed by atoms with E-state index in [1.54, 1.807) is 0 Å². The minimum absolute atomic E-state index is 0.170. The second-order valence-corrected chi connectivity index (χ2v) is 3.67. The second kappa shape index (κ2) is 6.70. The topological polar surface area (TPSA) is 37.3 Å². The van der Waals surface area contributed by atoms with Crippen LogP contribution in [0.15, 0.2) is 12.2 Å². The summed E-state index contributed by atoms with van der Waals surface area (Å²) in [4.78, 5) is 10.8. The second-order valence-electron chi connectivity index (χ2n) is 3.67. The highest BCUT2D eigenvalue weighted by molar-refractivity contribution is 5.69. The van der Waals surface area contributed by atoms with Crippen LogP contribution in [0.25, 0.3) is 0 Å². The third kappa shape index (κ3) is 6.38. The molecule has 0 heterocycles. The van der Waals surface area contributed by atoms with E-state index >= 15 is 0 Å². The highest BCUT2D eigenvalue weighted by atomic mass is 16.4. The van der Waals surface area contributed by atoms with Gasteiger partial charge in [-0.2, -0.15) is 0 Å². The quantitative estimate of drug-likeness (QED) is 0.617. The largest absolute Gasteiger partial charge is 0.481 e. The van der Waals surface area contributed by atoms with Gasteiger partial charge in [0.25, 0.3) is 0 Å². The lowest BCUT2D eigenvalue weighted by atomic mass is 9.95. The summed E-state index contributed by atoms with van der Waals surface area (Å²) in [5.74, 6) is -0.827. The van der Waals surface area contributed by atoms with Gasteiger partial charge in [0.2, 0.25) is 0 Å². The molecule has 0 aliphatic heterocycles. The minimum atomic E-state index is -0.658. The molecular formula is C11H20O2. The Morgan fingerprint density at radius 3 is 2.46 bits per heavy atom. The van der Waals surface area contributed by atoms with Gasteiger partial charge in [-0.05, 0) is 26.2 Å². The summed E-state index contributed by atoms with van der Waals surface area (Å²) in [5.41, 5.74) is 1.07. The number of carboxylic acids is 1. The van der Waals surface area contributed by atoms with Crippen molar-refractivity contribution in [1.29, 1.82) is 0 Å². The van der Waals surface area contributed by atoms with Gasteiger partial charge in [-0.25, -0.2) is 0 Å². The van der Waals surface area contributed by atoms with Crippen LogP contribution in [0.4, 0.5) is 0 Å². The molecular weight excluding hydrogens is 164 g/mol. The molecule has 0 bridgehead atoms. The molecule has 0 rings (SSSR count). The van der Waals surface area contributed by atoms with Crippen LogP contribution in [0.2, 0.25) is 0 Å². The molecule has 0 radical (unpaired) electrons. The van der Waals surface area contributed by atoms with Crippen LogP contribution in [-0.2, 0) is 4.79 Å². The molecule has 13 heavy (non-hydrogen) atoms. The van der Waals surface area contributed by atoms with Crippen LogP contribution in [0, 0.1) is 5.92 Å². The van der Waals surface area contributed by atoms with E-state index in [0.717, 1.165) is 37.7 Å². The molecule has 0 aromatic carbocycles. The van der Waals surface area contributed by atoms with Gasteiger partial charge in [-0.15, -0.1) is 6.58 Å². The van der Waals surface area contributed by atoms with Gasteiger partial charge in [0.1, 0.15) is 0 Å². The van der Waals surface area contributed by atoms with Crippen molar-refractivity contribution in [2.75, 3.05) is 0 Å². The smallest absolute Gasteiger partial charge is 0.306 e.